The van der Waals surface area contributed by atoms with E-state index < -0.39 is 11.4 Å². The maximum atomic E-state index is 12.1. The first-order valence-corrected chi connectivity index (χ1v) is 5.76. The molecule has 1 aliphatic rings. The van der Waals surface area contributed by atoms with E-state index in [0.717, 1.165) is 0 Å². The lowest BCUT2D eigenvalue weighted by molar-refractivity contribution is -0.138. The van der Waals surface area contributed by atoms with E-state index in [1.807, 2.05) is 6.92 Å². The molecule has 1 rings (SSSR count). The molecule has 1 saturated heterocycles. The van der Waals surface area contributed by atoms with Crippen LogP contribution in [-0.4, -0.2) is 42.3 Å². The standard InChI is InChI=1S/C11H20N2O4/c1-3-7(4-9(14)15)13-10(16)11(2)6-17-5-8(11)12/h7-8H,3-6,12H2,1-2H3,(H,13,16)(H,14,15). The first-order chi connectivity index (χ1) is 7.90. The second-order valence-electron chi connectivity index (χ2n) is 4.72. The fourth-order valence-corrected chi connectivity index (χ4v) is 1.78. The van der Waals surface area contributed by atoms with Gasteiger partial charge in [-0.3, -0.25) is 9.59 Å². The molecule has 1 heterocycles. The van der Waals surface area contributed by atoms with Crippen molar-refractivity contribution in [3.05, 3.63) is 0 Å². The summed E-state index contributed by atoms with van der Waals surface area (Å²) in [5, 5.41) is 11.4. The van der Waals surface area contributed by atoms with Gasteiger partial charge in [-0.1, -0.05) is 6.92 Å². The molecule has 0 aromatic heterocycles. The lowest BCUT2D eigenvalue weighted by atomic mass is 9.84. The lowest BCUT2D eigenvalue weighted by Crippen LogP contribution is -2.52. The Morgan fingerprint density at radius 1 is 1.65 bits per heavy atom. The summed E-state index contributed by atoms with van der Waals surface area (Å²) in [6, 6.07) is -0.700. The number of carboxylic acid groups (broad SMARTS) is 1. The van der Waals surface area contributed by atoms with Crippen LogP contribution in [0, 0.1) is 5.41 Å². The first kappa shape index (κ1) is 13.9. The molecule has 17 heavy (non-hydrogen) atoms. The Hall–Kier alpha value is -1.14. The maximum Gasteiger partial charge on any atom is 0.305 e. The molecule has 98 valence electrons. The minimum atomic E-state index is -0.922. The zero-order chi connectivity index (χ0) is 13.1. The van der Waals surface area contributed by atoms with E-state index in [9.17, 15) is 9.59 Å². The SMILES string of the molecule is CCC(CC(=O)O)NC(=O)C1(C)COCC1N. The van der Waals surface area contributed by atoms with Crippen molar-refractivity contribution in [3.8, 4) is 0 Å². The second kappa shape index (κ2) is 5.46. The lowest BCUT2D eigenvalue weighted by Gasteiger charge is -2.28. The Bertz CT molecular complexity index is 308. The smallest absolute Gasteiger partial charge is 0.305 e. The Morgan fingerprint density at radius 3 is 2.71 bits per heavy atom. The van der Waals surface area contributed by atoms with Gasteiger partial charge in [0.1, 0.15) is 0 Å². The number of carbonyl (C=O) groups excluding carboxylic acids is 1. The summed E-state index contributed by atoms with van der Waals surface area (Å²) in [6.07, 6.45) is 0.499. The molecule has 0 radical (unpaired) electrons. The van der Waals surface area contributed by atoms with E-state index >= 15 is 0 Å². The van der Waals surface area contributed by atoms with Crippen molar-refractivity contribution in [1.29, 1.82) is 0 Å². The predicted octanol–water partition coefficient (Wildman–Crippen LogP) is -0.280. The van der Waals surface area contributed by atoms with E-state index in [2.05, 4.69) is 5.32 Å². The molecule has 1 fully saturated rings. The molecular formula is C11H20N2O4. The van der Waals surface area contributed by atoms with Crippen molar-refractivity contribution in [2.24, 2.45) is 11.1 Å². The van der Waals surface area contributed by atoms with Crippen LogP contribution in [0.4, 0.5) is 0 Å². The zero-order valence-corrected chi connectivity index (χ0v) is 10.2. The number of hydrogen-bond acceptors (Lipinski definition) is 4. The van der Waals surface area contributed by atoms with Crippen LogP contribution in [0.5, 0.6) is 0 Å². The van der Waals surface area contributed by atoms with Crippen molar-refractivity contribution in [2.45, 2.75) is 38.8 Å². The van der Waals surface area contributed by atoms with Crippen LogP contribution >= 0.6 is 0 Å². The number of carboxylic acids is 1. The minimum absolute atomic E-state index is 0.0750. The predicted molar refractivity (Wildman–Crippen MR) is 61.4 cm³/mol. The maximum absolute atomic E-state index is 12.1. The van der Waals surface area contributed by atoms with Gasteiger partial charge in [0.2, 0.25) is 5.91 Å². The summed E-state index contributed by atoms with van der Waals surface area (Å²) < 4.78 is 5.19. The van der Waals surface area contributed by atoms with Crippen LogP contribution in [0.15, 0.2) is 0 Å². The Kier molecular flexibility index (Phi) is 4.47. The van der Waals surface area contributed by atoms with Gasteiger partial charge >= 0.3 is 5.97 Å². The highest BCUT2D eigenvalue weighted by Gasteiger charge is 2.44. The molecule has 0 aromatic carbocycles. The van der Waals surface area contributed by atoms with Crippen molar-refractivity contribution in [3.63, 3.8) is 0 Å². The van der Waals surface area contributed by atoms with Crippen LogP contribution in [0.1, 0.15) is 26.7 Å². The summed E-state index contributed by atoms with van der Waals surface area (Å²) in [6.45, 7) is 4.22. The highest BCUT2D eigenvalue weighted by atomic mass is 16.5. The molecule has 6 nitrogen and oxygen atoms in total. The van der Waals surface area contributed by atoms with E-state index in [1.165, 1.54) is 0 Å². The average Bonchev–Trinajstić information content (AvgIpc) is 2.59. The van der Waals surface area contributed by atoms with E-state index in [1.54, 1.807) is 6.92 Å². The number of nitrogens with two attached hydrogens (primary N) is 1. The average molecular weight is 244 g/mol. The monoisotopic (exact) mass is 244 g/mol. The largest absolute Gasteiger partial charge is 0.481 e. The molecule has 1 aliphatic heterocycles. The molecule has 1 amide bonds. The molecule has 3 unspecified atom stereocenters. The number of ether oxygens (including phenoxy) is 1. The van der Waals surface area contributed by atoms with Gasteiger partial charge in [-0.25, -0.2) is 0 Å². The highest BCUT2D eigenvalue weighted by molar-refractivity contribution is 5.84. The molecule has 3 atom stereocenters. The number of amides is 1. The summed E-state index contributed by atoms with van der Waals surface area (Å²) in [4.78, 5) is 22.7. The molecular weight excluding hydrogens is 224 g/mol. The second-order valence-corrected chi connectivity index (χ2v) is 4.72. The van der Waals surface area contributed by atoms with Gasteiger partial charge in [-0.15, -0.1) is 0 Å². The molecule has 0 spiro atoms. The Balaban J connectivity index is 2.61. The summed E-state index contributed by atoms with van der Waals surface area (Å²) in [5.41, 5.74) is 5.07. The van der Waals surface area contributed by atoms with Crippen molar-refractivity contribution >= 4 is 11.9 Å². The van der Waals surface area contributed by atoms with Crippen LogP contribution in [0.25, 0.3) is 0 Å². The van der Waals surface area contributed by atoms with Gasteiger partial charge in [0.05, 0.1) is 25.0 Å². The highest BCUT2D eigenvalue weighted by Crippen LogP contribution is 2.27. The third kappa shape index (κ3) is 3.17. The van der Waals surface area contributed by atoms with Gasteiger partial charge in [0.25, 0.3) is 0 Å². The van der Waals surface area contributed by atoms with E-state index in [-0.39, 0.29) is 31.0 Å². The molecule has 0 bridgehead atoms. The molecule has 0 aromatic rings. The van der Waals surface area contributed by atoms with Crippen LogP contribution < -0.4 is 11.1 Å². The molecule has 6 heteroatoms. The van der Waals surface area contributed by atoms with Crippen LogP contribution in [0.2, 0.25) is 0 Å². The van der Waals surface area contributed by atoms with E-state index in [4.69, 9.17) is 15.6 Å². The van der Waals surface area contributed by atoms with Gasteiger partial charge in [-0.2, -0.15) is 0 Å². The van der Waals surface area contributed by atoms with Crippen LogP contribution in [0.3, 0.4) is 0 Å². The minimum Gasteiger partial charge on any atom is -0.481 e. The van der Waals surface area contributed by atoms with Crippen molar-refractivity contribution in [1.82, 2.24) is 5.32 Å². The number of nitrogens with one attached hydrogen (secondary N) is 1. The zero-order valence-electron chi connectivity index (χ0n) is 10.2. The quantitative estimate of drug-likeness (QED) is 0.617. The third-order valence-corrected chi connectivity index (χ3v) is 3.29. The Labute approximate surface area is 101 Å². The fraction of sp³-hybridized carbons (Fsp3) is 0.818. The van der Waals surface area contributed by atoms with Crippen LogP contribution in [-0.2, 0) is 14.3 Å². The third-order valence-electron chi connectivity index (χ3n) is 3.29. The van der Waals surface area contributed by atoms with Gasteiger partial charge in [0.15, 0.2) is 0 Å². The number of hydrogen-bond donors (Lipinski definition) is 3. The Morgan fingerprint density at radius 2 is 2.29 bits per heavy atom. The molecule has 0 saturated carbocycles. The first-order valence-electron chi connectivity index (χ1n) is 5.76. The van der Waals surface area contributed by atoms with Crippen molar-refractivity contribution in [2.75, 3.05) is 13.2 Å². The topological polar surface area (TPSA) is 102 Å². The van der Waals surface area contributed by atoms with Gasteiger partial charge < -0.3 is 20.9 Å². The summed E-state index contributed by atoms with van der Waals surface area (Å²) >= 11 is 0. The van der Waals surface area contributed by atoms with Crippen molar-refractivity contribution < 1.29 is 19.4 Å². The molecule has 4 N–H and O–H groups in total. The fourth-order valence-electron chi connectivity index (χ4n) is 1.78. The number of rotatable bonds is 5. The summed E-state index contributed by atoms with van der Waals surface area (Å²) in [5.74, 6) is -1.15. The van der Waals surface area contributed by atoms with Gasteiger partial charge in [0, 0.05) is 12.1 Å². The normalized spacial score (nSPS) is 29.9. The number of aliphatic carboxylic acids is 1. The summed E-state index contributed by atoms with van der Waals surface area (Å²) in [7, 11) is 0. The van der Waals surface area contributed by atoms with E-state index in [0.29, 0.717) is 13.0 Å². The molecule has 0 aliphatic carbocycles. The number of carbonyl (C=O) groups is 2. The van der Waals surface area contributed by atoms with Gasteiger partial charge in [-0.05, 0) is 13.3 Å².